The maximum Gasteiger partial charge on any atom is 0.355 e. The van der Waals surface area contributed by atoms with Crippen molar-refractivity contribution < 1.29 is 29.0 Å². The minimum absolute atomic E-state index is 0.0237. The van der Waals surface area contributed by atoms with Crippen molar-refractivity contribution in [2.75, 3.05) is 21.1 Å². The zero-order valence-corrected chi connectivity index (χ0v) is 24.6. The number of hydrogen-bond donors (Lipinski definition) is 2. The van der Waals surface area contributed by atoms with Gasteiger partial charge in [0, 0.05) is 31.8 Å². The van der Waals surface area contributed by atoms with Crippen molar-refractivity contribution in [1.29, 1.82) is 0 Å². The average molecular weight is 541 g/mol. The van der Waals surface area contributed by atoms with Crippen molar-refractivity contribution >= 4 is 35.1 Å². The minimum Gasteiger partial charge on any atom is -0.476 e. The van der Waals surface area contributed by atoms with E-state index >= 15 is 0 Å². The summed E-state index contributed by atoms with van der Waals surface area (Å²) in [4.78, 5) is 57.8. The first kappa shape index (κ1) is 32.5. The number of carboxylic acids is 1. The van der Waals surface area contributed by atoms with Crippen molar-refractivity contribution in [1.82, 2.24) is 20.1 Å². The highest BCUT2D eigenvalue weighted by atomic mass is 32.1. The first-order valence-electron chi connectivity index (χ1n) is 12.7. The Balaban J connectivity index is 3.28. The molecule has 1 rings (SSSR count). The second-order valence-electron chi connectivity index (χ2n) is 10.5. The monoisotopic (exact) mass is 540 g/mol. The fourth-order valence-electron chi connectivity index (χ4n) is 4.47. The van der Waals surface area contributed by atoms with Crippen LogP contribution in [0.15, 0.2) is 5.38 Å². The van der Waals surface area contributed by atoms with E-state index in [0.717, 1.165) is 11.3 Å². The van der Waals surface area contributed by atoms with Gasteiger partial charge in [0.25, 0.3) is 0 Å². The highest BCUT2D eigenvalue weighted by Gasteiger charge is 2.37. The zero-order chi connectivity index (χ0) is 28.6. The van der Waals surface area contributed by atoms with Crippen molar-refractivity contribution in [2.24, 2.45) is 17.8 Å². The standard InChI is InChI=1S/C26H44N4O6S/c1-11-16(6)21(28-23(32)22(15(4)5)29(8)9)25(33)30(10)19(14(2)3)12-20(36-17(7)31)24-27-18(13-37-24)26(34)35/h13-16,19-22H,11-12H2,1-10H3,(H,28,32)(H,34,35)/t16-,19+,20+,21-,22+/m0/s1. The predicted molar refractivity (Wildman–Crippen MR) is 143 cm³/mol. The van der Waals surface area contributed by atoms with E-state index in [1.165, 1.54) is 12.3 Å². The maximum absolute atomic E-state index is 13.8. The average Bonchev–Trinajstić information content (AvgIpc) is 3.28. The minimum atomic E-state index is -1.17. The molecule has 210 valence electrons. The summed E-state index contributed by atoms with van der Waals surface area (Å²) in [5, 5.41) is 14.0. The number of carboxylic acid groups (broad SMARTS) is 1. The number of carbonyl (C=O) groups is 4. The van der Waals surface area contributed by atoms with Crippen LogP contribution in [0.2, 0.25) is 0 Å². The van der Waals surface area contributed by atoms with Crippen LogP contribution in [0, 0.1) is 17.8 Å². The summed E-state index contributed by atoms with van der Waals surface area (Å²) in [6, 6.07) is -1.48. The number of carbonyl (C=O) groups excluding carboxylic acids is 3. The summed E-state index contributed by atoms with van der Waals surface area (Å²) in [5.74, 6) is -2.19. The molecule has 10 nitrogen and oxygen atoms in total. The number of ether oxygens (including phenoxy) is 1. The van der Waals surface area contributed by atoms with Gasteiger partial charge in [-0.3, -0.25) is 19.3 Å². The van der Waals surface area contributed by atoms with Crippen LogP contribution >= 0.6 is 11.3 Å². The van der Waals surface area contributed by atoms with E-state index in [1.807, 2.05) is 60.5 Å². The molecule has 0 fully saturated rings. The summed E-state index contributed by atoms with van der Waals surface area (Å²) in [5.41, 5.74) is -0.122. The number of esters is 1. The van der Waals surface area contributed by atoms with E-state index in [9.17, 15) is 24.3 Å². The van der Waals surface area contributed by atoms with Gasteiger partial charge in [-0.15, -0.1) is 11.3 Å². The number of aromatic carboxylic acids is 1. The molecule has 0 aliphatic carbocycles. The molecule has 0 saturated carbocycles. The van der Waals surface area contributed by atoms with Crippen LogP contribution < -0.4 is 5.32 Å². The summed E-state index contributed by atoms with van der Waals surface area (Å²) in [7, 11) is 5.37. The Labute approximate surface area is 224 Å². The lowest BCUT2D eigenvalue weighted by Gasteiger charge is -2.37. The number of hydrogen-bond acceptors (Lipinski definition) is 8. The Morgan fingerprint density at radius 1 is 1.08 bits per heavy atom. The van der Waals surface area contributed by atoms with Gasteiger partial charge in [-0.05, 0) is 31.8 Å². The van der Waals surface area contributed by atoms with Crippen LogP contribution in [-0.2, 0) is 19.1 Å². The van der Waals surface area contributed by atoms with Gasteiger partial charge in [-0.25, -0.2) is 9.78 Å². The van der Waals surface area contributed by atoms with Crippen molar-refractivity contribution in [3.63, 3.8) is 0 Å². The fourth-order valence-corrected chi connectivity index (χ4v) is 5.30. The second kappa shape index (κ2) is 14.4. The van der Waals surface area contributed by atoms with Gasteiger partial charge in [0.15, 0.2) is 11.8 Å². The molecular formula is C26H44N4O6S. The Bertz CT molecular complexity index is 924. The molecule has 1 aromatic heterocycles. The lowest BCUT2D eigenvalue weighted by atomic mass is 9.92. The normalized spacial score (nSPS) is 15.7. The van der Waals surface area contributed by atoms with Gasteiger partial charge in [0.2, 0.25) is 11.8 Å². The van der Waals surface area contributed by atoms with E-state index in [2.05, 4.69) is 10.3 Å². The van der Waals surface area contributed by atoms with E-state index in [-0.39, 0.29) is 53.8 Å². The van der Waals surface area contributed by atoms with Crippen molar-refractivity contribution in [3.8, 4) is 0 Å². The van der Waals surface area contributed by atoms with Gasteiger partial charge in [0.05, 0.1) is 6.04 Å². The molecule has 0 aliphatic rings. The third kappa shape index (κ3) is 9.07. The molecule has 1 aromatic rings. The van der Waals surface area contributed by atoms with Crippen LogP contribution in [0.4, 0.5) is 0 Å². The fraction of sp³-hybridized carbons (Fsp3) is 0.731. The van der Waals surface area contributed by atoms with Gasteiger partial charge in [-0.1, -0.05) is 48.0 Å². The van der Waals surface area contributed by atoms with Gasteiger partial charge in [0.1, 0.15) is 11.0 Å². The van der Waals surface area contributed by atoms with Crippen molar-refractivity contribution in [3.05, 3.63) is 16.1 Å². The third-order valence-electron chi connectivity index (χ3n) is 6.63. The summed E-state index contributed by atoms with van der Waals surface area (Å²) in [6.07, 6.45) is 0.117. The largest absolute Gasteiger partial charge is 0.476 e. The third-order valence-corrected chi connectivity index (χ3v) is 7.56. The Morgan fingerprint density at radius 2 is 1.68 bits per heavy atom. The molecule has 2 amide bonds. The lowest BCUT2D eigenvalue weighted by molar-refractivity contribution is -0.149. The first-order valence-corrected chi connectivity index (χ1v) is 13.6. The number of aromatic nitrogens is 1. The number of amides is 2. The molecule has 5 atom stereocenters. The number of rotatable bonds is 14. The molecule has 11 heteroatoms. The second-order valence-corrected chi connectivity index (χ2v) is 11.4. The van der Waals surface area contributed by atoms with Crippen LogP contribution in [0.1, 0.15) is 82.9 Å². The molecule has 37 heavy (non-hydrogen) atoms. The van der Waals surface area contributed by atoms with Crippen LogP contribution in [0.25, 0.3) is 0 Å². The van der Waals surface area contributed by atoms with Gasteiger partial charge >= 0.3 is 11.9 Å². The Hall–Kier alpha value is -2.53. The molecule has 0 aliphatic heterocycles. The molecule has 0 radical (unpaired) electrons. The van der Waals surface area contributed by atoms with Crippen molar-refractivity contribution in [2.45, 2.75) is 85.5 Å². The molecule has 0 bridgehead atoms. The molecule has 2 N–H and O–H groups in total. The lowest BCUT2D eigenvalue weighted by Crippen LogP contribution is -2.58. The van der Waals surface area contributed by atoms with Crippen LogP contribution in [-0.4, -0.2) is 82.9 Å². The number of nitrogens with one attached hydrogen (secondary N) is 1. The van der Waals surface area contributed by atoms with E-state index in [4.69, 9.17) is 4.74 Å². The Morgan fingerprint density at radius 3 is 2.08 bits per heavy atom. The molecular weight excluding hydrogens is 496 g/mol. The van der Waals surface area contributed by atoms with Gasteiger partial charge < -0.3 is 20.1 Å². The Kier molecular flexibility index (Phi) is 12.7. The molecule has 1 heterocycles. The highest BCUT2D eigenvalue weighted by molar-refractivity contribution is 7.09. The SMILES string of the molecule is CC[C@H](C)[C@H](NC(=O)[C@@H](C(C)C)N(C)C)C(=O)N(C)[C@H](C[C@@H](OC(C)=O)c1nc(C(=O)O)cs1)C(C)C. The number of likely N-dealkylation sites (N-methyl/N-ethyl adjacent to an activating group) is 2. The number of thiazole rings is 1. The maximum atomic E-state index is 13.8. The van der Waals surface area contributed by atoms with E-state index in [0.29, 0.717) is 11.4 Å². The van der Waals surface area contributed by atoms with E-state index < -0.39 is 24.1 Å². The topological polar surface area (TPSA) is 129 Å². The molecule has 0 saturated heterocycles. The predicted octanol–water partition coefficient (Wildman–Crippen LogP) is 3.44. The van der Waals surface area contributed by atoms with Gasteiger partial charge in [-0.2, -0.15) is 0 Å². The molecule has 0 aromatic carbocycles. The molecule has 0 spiro atoms. The number of nitrogens with zero attached hydrogens (tertiary/aromatic N) is 3. The smallest absolute Gasteiger partial charge is 0.355 e. The quantitative estimate of drug-likeness (QED) is 0.343. The summed E-state index contributed by atoms with van der Waals surface area (Å²) in [6.45, 7) is 13.0. The highest BCUT2D eigenvalue weighted by Crippen LogP contribution is 2.31. The van der Waals surface area contributed by atoms with Crippen LogP contribution in [0.3, 0.4) is 0 Å². The summed E-state index contributed by atoms with van der Waals surface area (Å²) < 4.78 is 5.52. The molecule has 0 unspecified atom stereocenters. The van der Waals surface area contributed by atoms with E-state index in [1.54, 1.807) is 11.9 Å². The zero-order valence-electron chi connectivity index (χ0n) is 23.8. The summed E-state index contributed by atoms with van der Waals surface area (Å²) >= 11 is 1.10. The first-order chi connectivity index (χ1) is 17.1. The van der Waals surface area contributed by atoms with Crippen LogP contribution in [0.5, 0.6) is 0 Å².